The molecular weight excluding hydrogens is 270 g/mol. The van der Waals surface area contributed by atoms with Gasteiger partial charge >= 0.3 is 0 Å². The third-order valence-electron chi connectivity index (χ3n) is 3.45. The Morgan fingerprint density at radius 1 is 1.29 bits per heavy atom. The number of hydrogen-bond donors (Lipinski definition) is 3. The molecule has 0 spiro atoms. The monoisotopic (exact) mass is 291 g/mol. The van der Waals surface area contributed by atoms with Crippen LogP contribution in [-0.2, 0) is 27.3 Å². The molecule has 0 bridgehead atoms. The Bertz CT molecular complexity index is 505. The Kier molecular flexibility index (Phi) is 5.71. The van der Waals surface area contributed by atoms with Crippen LogP contribution in [0.15, 0.2) is 24.3 Å². The van der Waals surface area contributed by atoms with E-state index in [0.29, 0.717) is 26.1 Å². The molecule has 0 fully saturated rings. The highest BCUT2D eigenvalue weighted by atomic mass is 16.5. The average Bonchev–Trinajstić information content (AvgIpc) is 2.52. The second-order valence-electron chi connectivity index (χ2n) is 4.97. The zero-order chi connectivity index (χ0) is 15.1. The van der Waals surface area contributed by atoms with Gasteiger partial charge in [-0.2, -0.15) is 0 Å². The summed E-state index contributed by atoms with van der Waals surface area (Å²) in [5, 5.41) is 8.50. The predicted molar refractivity (Wildman–Crippen MR) is 78.7 cm³/mol. The summed E-state index contributed by atoms with van der Waals surface area (Å²) in [6.45, 7) is 1.57. The molecule has 1 aromatic rings. The Morgan fingerprint density at radius 3 is 2.81 bits per heavy atom. The Labute approximate surface area is 124 Å². The van der Waals surface area contributed by atoms with Crippen molar-refractivity contribution in [1.29, 1.82) is 0 Å². The lowest BCUT2D eigenvalue weighted by Crippen LogP contribution is -2.49. The lowest BCUT2D eigenvalue weighted by molar-refractivity contribution is -0.127. The molecule has 2 rings (SSSR count). The van der Waals surface area contributed by atoms with E-state index >= 15 is 0 Å². The van der Waals surface area contributed by atoms with E-state index in [1.807, 2.05) is 18.2 Å². The molecule has 1 aliphatic rings. The van der Waals surface area contributed by atoms with Crippen molar-refractivity contribution in [3.05, 3.63) is 35.4 Å². The van der Waals surface area contributed by atoms with Crippen LogP contribution in [0.1, 0.15) is 11.1 Å². The fraction of sp³-hybridized carbons (Fsp3) is 0.467. The smallest absolute Gasteiger partial charge is 0.239 e. The molecule has 6 nitrogen and oxygen atoms in total. The molecule has 0 saturated heterocycles. The lowest BCUT2D eigenvalue weighted by atomic mass is 9.95. The summed E-state index contributed by atoms with van der Waals surface area (Å²) in [5.74, 6) is -0.358. The maximum atomic E-state index is 12.1. The number of methoxy groups -OCH3 is 1. The van der Waals surface area contributed by atoms with Crippen molar-refractivity contribution in [2.24, 2.45) is 0 Å². The molecule has 3 N–H and O–H groups in total. The van der Waals surface area contributed by atoms with E-state index in [-0.39, 0.29) is 24.4 Å². The molecular formula is C15H21N3O3. The van der Waals surface area contributed by atoms with E-state index in [1.165, 1.54) is 11.1 Å². The molecule has 1 atom stereocenters. The largest absolute Gasteiger partial charge is 0.383 e. The number of nitrogens with one attached hydrogen (secondary N) is 3. The fourth-order valence-electron chi connectivity index (χ4n) is 2.29. The minimum Gasteiger partial charge on any atom is -0.383 e. The summed E-state index contributed by atoms with van der Waals surface area (Å²) in [4.78, 5) is 23.6. The number of benzene rings is 1. The van der Waals surface area contributed by atoms with Crippen molar-refractivity contribution < 1.29 is 14.3 Å². The van der Waals surface area contributed by atoms with Gasteiger partial charge in [0.05, 0.1) is 19.2 Å². The van der Waals surface area contributed by atoms with Crippen LogP contribution in [0.3, 0.4) is 0 Å². The standard InChI is InChI=1S/C15H21N3O3/c1-21-7-6-16-14(19)10-18-15(20)13-8-11-4-2-3-5-12(11)9-17-13/h2-5,13,17H,6-10H2,1H3,(H,16,19)(H,18,20). The first-order valence-corrected chi connectivity index (χ1v) is 7.04. The van der Waals surface area contributed by atoms with Gasteiger partial charge in [0.15, 0.2) is 0 Å². The van der Waals surface area contributed by atoms with Crippen molar-refractivity contribution in [3.63, 3.8) is 0 Å². The van der Waals surface area contributed by atoms with Gasteiger partial charge in [-0.05, 0) is 17.5 Å². The zero-order valence-electron chi connectivity index (χ0n) is 12.1. The number of fused-ring (bicyclic) bond motifs is 1. The SMILES string of the molecule is COCCNC(=O)CNC(=O)C1Cc2ccccc2CN1. The van der Waals surface area contributed by atoms with Crippen LogP contribution in [0.4, 0.5) is 0 Å². The first kappa shape index (κ1) is 15.5. The quantitative estimate of drug-likeness (QED) is 0.622. The van der Waals surface area contributed by atoms with Gasteiger partial charge in [-0.15, -0.1) is 0 Å². The van der Waals surface area contributed by atoms with Crippen molar-refractivity contribution in [3.8, 4) is 0 Å². The number of amides is 2. The van der Waals surface area contributed by atoms with Crippen LogP contribution in [0.25, 0.3) is 0 Å². The van der Waals surface area contributed by atoms with Crippen LogP contribution >= 0.6 is 0 Å². The highest BCUT2D eigenvalue weighted by Gasteiger charge is 2.23. The highest BCUT2D eigenvalue weighted by molar-refractivity contribution is 5.87. The van der Waals surface area contributed by atoms with Crippen molar-refractivity contribution in [2.75, 3.05) is 26.8 Å². The minimum atomic E-state index is -0.285. The number of carbonyl (C=O) groups excluding carboxylic acids is 2. The van der Waals surface area contributed by atoms with Gasteiger partial charge in [-0.1, -0.05) is 24.3 Å². The second kappa shape index (κ2) is 7.75. The third-order valence-corrected chi connectivity index (χ3v) is 3.45. The number of carbonyl (C=O) groups is 2. The molecule has 114 valence electrons. The summed E-state index contributed by atoms with van der Waals surface area (Å²) in [7, 11) is 1.57. The molecule has 1 aromatic carbocycles. The molecule has 0 saturated carbocycles. The average molecular weight is 291 g/mol. The number of ether oxygens (including phenoxy) is 1. The molecule has 0 aromatic heterocycles. The van der Waals surface area contributed by atoms with Crippen molar-refractivity contribution in [1.82, 2.24) is 16.0 Å². The first-order valence-electron chi connectivity index (χ1n) is 7.04. The topological polar surface area (TPSA) is 79.5 Å². The molecule has 2 amide bonds. The summed E-state index contributed by atoms with van der Waals surface area (Å²) in [6, 6.07) is 7.77. The highest BCUT2D eigenvalue weighted by Crippen LogP contribution is 2.16. The van der Waals surface area contributed by atoms with Crippen LogP contribution in [0, 0.1) is 0 Å². The first-order chi connectivity index (χ1) is 10.2. The molecule has 1 unspecified atom stereocenters. The summed E-state index contributed by atoms with van der Waals surface area (Å²) in [5.41, 5.74) is 2.40. The predicted octanol–water partition coefficient (Wildman–Crippen LogP) is -0.420. The van der Waals surface area contributed by atoms with Gasteiger partial charge in [0.25, 0.3) is 0 Å². The van der Waals surface area contributed by atoms with E-state index in [4.69, 9.17) is 4.74 Å². The molecule has 21 heavy (non-hydrogen) atoms. The molecule has 6 heteroatoms. The number of rotatable bonds is 6. The third kappa shape index (κ3) is 4.54. The molecule has 1 heterocycles. The fourth-order valence-corrected chi connectivity index (χ4v) is 2.29. The van der Waals surface area contributed by atoms with Gasteiger partial charge in [-0.3, -0.25) is 9.59 Å². The minimum absolute atomic E-state index is 0.0115. The summed E-state index contributed by atoms with van der Waals surface area (Å²) >= 11 is 0. The van der Waals surface area contributed by atoms with Gasteiger partial charge in [0.2, 0.25) is 11.8 Å². The van der Waals surface area contributed by atoms with Gasteiger partial charge in [-0.25, -0.2) is 0 Å². The molecule has 0 aliphatic carbocycles. The second-order valence-corrected chi connectivity index (χ2v) is 4.97. The zero-order valence-corrected chi connectivity index (χ0v) is 12.1. The number of hydrogen-bond acceptors (Lipinski definition) is 4. The molecule has 1 aliphatic heterocycles. The van der Waals surface area contributed by atoms with Crippen LogP contribution in [-0.4, -0.2) is 44.7 Å². The Morgan fingerprint density at radius 2 is 2.05 bits per heavy atom. The van der Waals surface area contributed by atoms with Crippen LogP contribution < -0.4 is 16.0 Å². The summed E-state index contributed by atoms with van der Waals surface area (Å²) < 4.78 is 4.83. The van der Waals surface area contributed by atoms with E-state index in [9.17, 15) is 9.59 Å². The summed E-state index contributed by atoms with van der Waals surface area (Å²) in [6.07, 6.45) is 0.646. The van der Waals surface area contributed by atoms with Crippen LogP contribution in [0.5, 0.6) is 0 Å². The van der Waals surface area contributed by atoms with Crippen LogP contribution in [0.2, 0.25) is 0 Å². The van der Waals surface area contributed by atoms with E-state index in [1.54, 1.807) is 7.11 Å². The van der Waals surface area contributed by atoms with Gasteiger partial charge in [0, 0.05) is 20.2 Å². The Hall–Kier alpha value is -1.92. The lowest BCUT2D eigenvalue weighted by Gasteiger charge is -2.25. The van der Waals surface area contributed by atoms with E-state index in [2.05, 4.69) is 22.0 Å². The Balaban J connectivity index is 1.76. The van der Waals surface area contributed by atoms with Crippen molar-refractivity contribution in [2.45, 2.75) is 19.0 Å². The normalized spacial score (nSPS) is 16.9. The maximum Gasteiger partial charge on any atom is 0.239 e. The van der Waals surface area contributed by atoms with Gasteiger partial charge < -0.3 is 20.7 Å². The van der Waals surface area contributed by atoms with E-state index < -0.39 is 0 Å². The molecule has 0 radical (unpaired) electrons. The maximum absolute atomic E-state index is 12.1. The van der Waals surface area contributed by atoms with Crippen molar-refractivity contribution >= 4 is 11.8 Å². The van der Waals surface area contributed by atoms with E-state index in [0.717, 1.165) is 0 Å². The van der Waals surface area contributed by atoms with Gasteiger partial charge in [0.1, 0.15) is 0 Å².